The van der Waals surface area contributed by atoms with Gasteiger partial charge >= 0.3 is 0 Å². The number of methoxy groups -OCH3 is 1. The molecule has 4 aromatic rings. The Morgan fingerprint density at radius 2 is 1.92 bits per heavy atom. The second-order valence-electron chi connectivity index (χ2n) is 9.12. The largest absolute Gasteiger partial charge is 0.493 e. The zero-order valence-electron chi connectivity index (χ0n) is 22.2. The summed E-state index contributed by atoms with van der Waals surface area (Å²) in [6.45, 7) is 8.00. The molecule has 0 fully saturated rings. The van der Waals surface area contributed by atoms with Crippen molar-refractivity contribution in [3.63, 3.8) is 0 Å². The van der Waals surface area contributed by atoms with Crippen molar-refractivity contribution in [2.75, 3.05) is 26.5 Å². The number of ether oxygens (including phenoxy) is 2. The number of nitrogens with one attached hydrogen (secondary N) is 1. The number of hydrogen-bond donors (Lipinski definition) is 1. The number of benzene rings is 1. The molecule has 194 valence electrons. The average molecular weight is 505 g/mol. The Kier molecular flexibility index (Phi) is 7.58. The number of furan rings is 1. The predicted octanol–water partition coefficient (Wildman–Crippen LogP) is 4.32. The van der Waals surface area contributed by atoms with Crippen LogP contribution in [0.25, 0.3) is 17.4 Å². The first-order valence-corrected chi connectivity index (χ1v) is 11.9. The number of anilines is 1. The molecule has 0 aliphatic carbocycles. The molecule has 1 atom stereocenters. The van der Waals surface area contributed by atoms with E-state index in [1.165, 1.54) is 0 Å². The SMILES string of the molecule is COc1cccc(CN(C)C)c1OC(C)C(=O)Nc1cc(-n2nc(C)cc2C)nc(-c2ccc(C)o2)n1. The maximum atomic E-state index is 13.2. The van der Waals surface area contributed by atoms with Gasteiger partial charge in [0.05, 0.1) is 12.8 Å². The van der Waals surface area contributed by atoms with Crippen LogP contribution < -0.4 is 14.8 Å². The zero-order chi connectivity index (χ0) is 26.7. The minimum atomic E-state index is -0.835. The Bertz CT molecular complexity index is 1410. The van der Waals surface area contributed by atoms with E-state index in [-0.39, 0.29) is 5.91 Å². The molecule has 1 unspecified atom stereocenters. The number of nitrogens with zero attached hydrogens (tertiary/aromatic N) is 5. The number of rotatable bonds is 9. The van der Waals surface area contributed by atoms with E-state index in [2.05, 4.69) is 20.4 Å². The molecule has 0 saturated carbocycles. The fourth-order valence-electron chi connectivity index (χ4n) is 3.91. The van der Waals surface area contributed by atoms with Gasteiger partial charge in [0.25, 0.3) is 5.91 Å². The lowest BCUT2D eigenvalue weighted by molar-refractivity contribution is -0.122. The third kappa shape index (κ3) is 5.97. The number of carbonyl (C=O) groups excluding carboxylic acids is 1. The first-order valence-electron chi connectivity index (χ1n) is 11.9. The molecule has 0 aliphatic rings. The molecular formula is C27H32N6O4. The van der Waals surface area contributed by atoms with Gasteiger partial charge in [-0.05, 0) is 66.1 Å². The molecular weight excluding hydrogens is 472 g/mol. The van der Waals surface area contributed by atoms with Crippen LogP contribution in [0.1, 0.15) is 29.6 Å². The lowest BCUT2D eigenvalue weighted by atomic mass is 10.1. The van der Waals surface area contributed by atoms with Crippen LogP contribution in [0.2, 0.25) is 0 Å². The van der Waals surface area contributed by atoms with Gasteiger partial charge in [0.2, 0.25) is 0 Å². The van der Waals surface area contributed by atoms with Crippen LogP contribution in [0, 0.1) is 20.8 Å². The highest BCUT2D eigenvalue weighted by Crippen LogP contribution is 2.33. The van der Waals surface area contributed by atoms with Crippen molar-refractivity contribution in [1.29, 1.82) is 0 Å². The van der Waals surface area contributed by atoms with Crippen molar-refractivity contribution in [1.82, 2.24) is 24.6 Å². The third-order valence-corrected chi connectivity index (χ3v) is 5.58. The molecule has 10 heteroatoms. The smallest absolute Gasteiger partial charge is 0.266 e. The monoisotopic (exact) mass is 504 g/mol. The first kappa shape index (κ1) is 25.9. The van der Waals surface area contributed by atoms with E-state index in [1.54, 1.807) is 30.8 Å². The average Bonchev–Trinajstić information content (AvgIpc) is 3.43. The molecule has 0 radical (unpaired) electrons. The van der Waals surface area contributed by atoms with Crippen LogP contribution in [0.4, 0.5) is 5.82 Å². The van der Waals surface area contributed by atoms with Gasteiger partial charge in [-0.25, -0.2) is 14.6 Å². The van der Waals surface area contributed by atoms with Crippen LogP contribution in [0.15, 0.2) is 46.9 Å². The quantitative estimate of drug-likeness (QED) is 0.359. The van der Waals surface area contributed by atoms with Gasteiger partial charge in [0.1, 0.15) is 11.6 Å². The van der Waals surface area contributed by atoms with Crippen molar-refractivity contribution >= 4 is 11.7 Å². The number of carbonyl (C=O) groups is 1. The van der Waals surface area contributed by atoms with Crippen molar-refractivity contribution in [2.45, 2.75) is 40.3 Å². The summed E-state index contributed by atoms with van der Waals surface area (Å²) < 4.78 is 19.1. The van der Waals surface area contributed by atoms with E-state index in [0.717, 1.165) is 22.7 Å². The molecule has 1 N–H and O–H groups in total. The van der Waals surface area contributed by atoms with E-state index in [9.17, 15) is 4.79 Å². The molecule has 0 bridgehead atoms. The molecule has 3 heterocycles. The lowest BCUT2D eigenvalue weighted by Gasteiger charge is -2.21. The van der Waals surface area contributed by atoms with Gasteiger partial charge in [-0.3, -0.25) is 4.79 Å². The number of aryl methyl sites for hydroxylation is 3. The van der Waals surface area contributed by atoms with Crippen LogP contribution in [0.3, 0.4) is 0 Å². The van der Waals surface area contributed by atoms with Crippen LogP contribution in [-0.2, 0) is 11.3 Å². The number of hydrogen-bond acceptors (Lipinski definition) is 8. The molecule has 1 amide bonds. The molecule has 3 aromatic heterocycles. The summed E-state index contributed by atoms with van der Waals surface area (Å²) in [5, 5.41) is 7.39. The van der Waals surface area contributed by atoms with Crippen molar-refractivity contribution in [2.24, 2.45) is 0 Å². The predicted molar refractivity (Wildman–Crippen MR) is 140 cm³/mol. The Morgan fingerprint density at radius 3 is 2.54 bits per heavy atom. The fourth-order valence-corrected chi connectivity index (χ4v) is 3.91. The minimum absolute atomic E-state index is 0.301. The minimum Gasteiger partial charge on any atom is -0.493 e. The summed E-state index contributed by atoms with van der Waals surface area (Å²) in [7, 11) is 5.51. The fraction of sp³-hybridized carbons (Fsp3) is 0.333. The summed E-state index contributed by atoms with van der Waals surface area (Å²) >= 11 is 0. The molecule has 4 rings (SSSR count). The Labute approximate surface area is 216 Å². The van der Waals surface area contributed by atoms with Gasteiger partial charge in [-0.15, -0.1) is 0 Å². The molecule has 0 aliphatic heterocycles. The van der Waals surface area contributed by atoms with Crippen LogP contribution in [-0.4, -0.2) is 57.9 Å². The summed E-state index contributed by atoms with van der Waals surface area (Å²) in [5.41, 5.74) is 2.66. The van der Waals surface area contributed by atoms with Gasteiger partial charge < -0.3 is 24.1 Å². The van der Waals surface area contributed by atoms with Gasteiger partial charge in [-0.1, -0.05) is 12.1 Å². The Hall–Kier alpha value is -4.18. The summed E-state index contributed by atoms with van der Waals surface area (Å²) in [5.74, 6) is 3.07. The highest BCUT2D eigenvalue weighted by Gasteiger charge is 2.22. The van der Waals surface area contributed by atoms with E-state index in [0.29, 0.717) is 41.3 Å². The third-order valence-electron chi connectivity index (χ3n) is 5.58. The van der Waals surface area contributed by atoms with E-state index >= 15 is 0 Å². The zero-order valence-corrected chi connectivity index (χ0v) is 22.2. The maximum Gasteiger partial charge on any atom is 0.266 e. The van der Waals surface area contributed by atoms with Crippen LogP contribution in [0.5, 0.6) is 11.5 Å². The topological polar surface area (TPSA) is 108 Å². The number of amides is 1. The summed E-state index contributed by atoms with van der Waals surface area (Å²) in [6.07, 6.45) is -0.835. The first-order chi connectivity index (χ1) is 17.6. The van der Waals surface area contributed by atoms with Gasteiger partial charge in [0.15, 0.2) is 35.0 Å². The molecule has 10 nitrogen and oxygen atoms in total. The molecule has 0 saturated heterocycles. The maximum absolute atomic E-state index is 13.2. The highest BCUT2D eigenvalue weighted by atomic mass is 16.5. The highest BCUT2D eigenvalue weighted by molar-refractivity contribution is 5.93. The van der Waals surface area contributed by atoms with Gasteiger partial charge in [0, 0.05) is 23.9 Å². The number of aromatic nitrogens is 4. The van der Waals surface area contributed by atoms with Crippen molar-refractivity contribution in [3.8, 4) is 28.9 Å². The van der Waals surface area contributed by atoms with Crippen LogP contribution >= 0.6 is 0 Å². The molecule has 37 heavy (non-hydrogen) atoms. The van der Waals surface area contributed by atoms with E-state index in [4.69, 9.17) is 13.9 Å². The summed E-state index contributed by atoms with van der Waals surface area (Å²) in [6, 6.07) is 12.9. The lowest BCUT2D eigenvalue weighted by Crippen LogP contribution is -2.31. The Morgan fingerprint density at radius 1 is 1.14 bits per heavy atom. The second kappa shape index (κ2) is 10.8. The molecule has 1 aromatic carbocycles. The van der Waals surface area contributed by atoms with Crippen molar-refractivity contribution in [3.05, 3.63) is 65.2 Å². The van der Waals surface area contributed by atoms with E-state index in [1.807, 2.05) is 70.1 Å². The Balaban J connectivity index is 1.64. The van der Waals surface area contributed by atoms with E-state index < -0.39 is 6.10 Å². The second-order valence-corrected chi connectivity index (χ2v) is 9.12. The number of para-hydroxylation sites is 1. The van der Waals surface area contributed by atoms with Gasteiger partial charge in [-0.2, -0.15) is 5.10 Å². The normalized spacial score (nSPS) is 12.0. The summed E-state index contributed by atoms with van der Waals surface area (Å²) in [4.78, 5) is 24.4. The molecule has 0 spiro atoms. The van der Waals surface area contributed by atoms with Crippen molar-refractivity contribution < 1.29 is 18.7 Å². The standard InChI is InChI=1S/C27H32N6O4/c1-16-13-17(2)33(31-16)24-14-23(28-26(30-24)22-12-11-18(3)36-22)29-27(34)19(4)37-25-20(15-32(5)6)9-8-10-21(25)35-7/h8-14,19H,15H2,1-7H3,(H,28,29,30,34).